The Bertz CT molecular complexity index is 1060. The summed E-state index contributed by atoms with van der Waals surface area (Å²) < 4.78 is 9.98. The molecule has 1 aliphatic heterocycles. The molecule has 0 saturated heterocycles. The van der Waals surface area contributed by atoms with Gasteiger partial charge < -0.3 is 14.6 Å². The first-order valence-electron chi connectivity index (χ1n) is 9.74. The normalized spacial score (nSPS) is 16.5. The second-order valence-corrected chi connectivity index (χ2v) is 8.23. The van der Waals surface area contributed by atoms with E-state index in [1.807, 2.05) is 0 Å². The predicted octanol–water partition coefficient (Wildman–Crippen LogP) is 4.00. The summed E-state index contributed by atoms with van der Waals surface area (Å²) in [5, 5.41) is 10.7. The van der Waals surface area contributed by atoms with E-state index in [9.17, 15) is 19.5 Å². The van der Waals surface area contributed by atoms with Crippen molar-refractivity contribution in [2.45, 2.75) is 26.8 Å². The number of esters is 1. The van der Waals surface area contributed by atoms with Crippen LogP contribution in [-0.4, -0.2) is 37.0 Å². The Morgan fingerprint density at radius 3 is 2.23 bits per heavy atom. The molecular weight excluding hydrogens is 398 g/mol. The quantitative estimate of drug-likeness (QED) is 0.731. The van der Waals surface area contributed by atoms with Gasteiger partial charge in [0.25, 0.3) is 5.91 Å². The molecule has 7 heteroatoms. The monoisotopic (exact) mass is 423 g/mol. The van der Waals surface area contributed by atoms with Gasteiger partial charge in [0.1, 0.15) is 5.75 Å². The van der Waals surface area contributed by atoms with Crippen molar-refractivity contribution in [1.29, 1.82) is 0 Å². The van der Waals surface area contributed by atoms with Crippen molar-refractivity contribution in [3.63, 3.8) is 0 Å². The molecule has 0 saturated carbocycles. The highest BCUT2D eigenvalue weighted by molar-refractivity contribution is 6.17. The Kier molecular flexibility index (Phi) is 5.88. The number of ether oxygens (including phenoxy) is 2. The third kappa shape index (κ3) is 4.03. The zero-order valence-corrected chi connectivity index (χ0v) is 18.1. The molecule has 0 bridgehead atoms. The van der Waals surface area contributed by atoms with Crippen molar-refractivity contribution < 1.29 is 29.0 Å². The van der Waals surface area contributed by atoms with Gasteiger partial charge in [-0.15, -0.1) is 0 Å². The highest BCUT2D eigenvalue weighted by Gasteiger charge is 2.46. The number of hydrogen-bond donors (Lipinski definition) is 1. The van der Waals surface area contributed by atoms with Gasteiger partial charge in [0.05, 0.1) is 31.4 Å². The molecule has 2 aromatic rings. The average Bonchev–Trinajstić information content (AvgIpc) is 3.02. The number of rotatable bonds is 5. The lowest BCUT2D eigenvalue weighted by molar-refractivity contribution is -0.123. The molecule has 0 spiro atoms. The van der Waals surface area contributed by atoms with Crippen LogP contribution in [-0.2, 0) is 14.3 Å². The topological polar surface area (TPSA) is 93.1 Å². The summed E-state index contributed by atoms with van der Waals surface area (Å²) in [6, 6.07) is 12.4. The van der Waals surface area contributed by atoms with E-state index in [4.69, 9.17) is 9.47 Å². The number of carbonyl (C=O) groups excluding carboxylic acids is 3. The van der Waals surface area contributed by atoms with Crippen molar-refractivity contribution in [2.24, 2.45) is 5.41 Å². The van der Waals surface area contributed by atoms with Gasteiger partial charge in [-0.05, 0) is 35.9 Å². The fraction of sp³-hybridized carbons (Fsp3) is 0.292. The fourth-order valence-corrected chi connectivity index (χ4v) is 3.51. The minimum absolute atomic E-state index is 0.0196. The Labute approximate surface area is 180 Å². The van der Waals surface area contributed by atoms with E-state index < -0.39 is 29.1 Å². The molecular formula is C24H25NO6. The SMILES string of the molecule is COC(=O)c1cccc(N2C(=O)C(O)=C(C(=O)C(C)(C)C)C2c2ccc(OC)cc2)c1. The minimum atomic E-state index is -0.863. The number of aliphatic hydroxyl groups excluding tert-OH is 1. The Hall–Kier alpha value is -3.61. The lowest BCUT2D eigenvalue weighted by Crippen LogP contribution is -2.33. The Balaban J connectivity index is 2.19. The molecule has 1 amide bonds. The van der Waals surface area contributed by atoms with Crippen molar-refractivity contribution in [1.82, 2.24) is 0 Å². The van der Waals surface area contributed by atoms with Gasteiger partial charge in [-0.25, -0.2) is 4.79 Å². The van der Waals surface area contributed by atoms with Crippen molar-refractivity contribution in [2.75, 3.05) is 19.1 Å². The highest BCUT2D eigenvalue weighted by Crippen LogP contribution is 2.43. The van der Waals surface area contributed by atoms with Gasteiger partial charge in [-0.3, -0.25) is 14.5 Å². The third-order valence-corrected chi connectivity index (χ3v) is 5.11. The van der Waals surface area contributed by atoms with E-state index in [0.717, 1.165) is 0 Å². The first-order chi connectivity index (χ1) is 14.6. The maximum Gasteiger partial charge on any atom is 0.337 e. The highest BCUT2D eigenvalue weighted by atomic mass is 16.5. The number of anilines is 1. The summed E-state index contributed by atoms with van der Waals surface area (Å²) in [5.74, 6) is -1.59. The van der Waals surface area contributed by atoms with Crippen LogP contribution >= 0.6 is 0 Å². The summed E-state index contributed by atoms with van der Waals surface area (Å²) in [4.78, 5) is 39.7. The van der Waals surface area contributed by atoms with E-state index in [-0.39, 0.29) is 16.9 Å². The number of hydrogen-bond acceptors (Lipinski definition) is 6. The van der Waals surface area contributed by atoms with Crippen LogP contribution in [0.5, 0.6) is 5.75 Å². The molecule has 162 valence electrons. The third-order valence-electron chi connectivity index (χ3n) is 5.11. The van der Waals surface area contributed by atoms with Crippen LogP contribution in [0.25, 0.3) is 0 Å². The molecule has 1 unspecified atom stereocenters. The van der Waals surface area contributed by atoms with Crippen LogP contribution in [0.4, 0.5) is 5.69 Å². The van der Waals surface area contributed by atoms with Gasteiger partial charge >= 0.3 is 5.97 Å². The van der Waals surface area contributed by atoms with Gasteiger partial charge in [-0.1, -0.05) is 39.0 Å². The molecule has 0 aromatic heterocycles. The number of carbonyl (C=O) groups is 3. The molecule has 0 fully saturated rings. The largest absolute Gasteiger partial charge is 0.503 e. The molecule has 2 aromatic carbocycles. The summed E-state index contributed by atoms with van der Waals surface area (Å²) >= 11 is 0. The van der Waals surface area contributed by atoms with E-state index in [0.29, 0.717) is 17.0 Å². The number of Topliss-reactive ketones (excluding diaryl/α,β-unsaturated/α-hetero) is 1. The molecule has 1 heterocycles. The second kappa shape index (κ2) is 8.26. The van der Waals surface area contributed by atoms with E-state index in [2.05, 4.69) is 0 Å². The molecule has 1 atom stereocenters. The number of aliphatic hydroxyl groups is 1. The molecule has 1 aliphatic rings. The first-order valence-corrected chi connectivity index (χ1v) is 9.74. The molecule has 0 aliphatic carbocycles. The summed E-state index contributed by atoms with van der Waals surface area (Å²) in [6.45, 7) is 5.18. The smallest absolute Gasteiger partial charge is 0.337 e. The zero-order chi connectivity index (χ0) is 22.9. The lowest BCUT2D eigenvalue weighted by Gasteiger charge is -2.29. The summed E-state index contributed by atoms with van der Waals surface area (Å²) in [7, 11) is 2.81. The van der Waals surface area contributed by atoms with Crippen molar-refractivity contribution in [3.8, 4) is 5.75 Å². The van der Waals surface area contributed by atoms with Gasteiger partial charge in [0, 0.05) is 11.1 Å². The average molecular weight is 423 g/mol. The van der Waals surface area contributed by atoms with E-state index >= 15 is 0 Å². The van der Waals surface area contributed by atoms with Crippen LogP contribution in [0.15, 0.2) is 59.9 Å². The molecule has 3 rings (SSSR count). The number of benzene rings is 2. The summed E-state index contributed by atoms with van der Waals surface area (Å²) in [6.07, 6.45) is 0. The van der Waals surface area contributed by atoms with E-state index in [1.165, 1.54) is 18.1 Å². The lowest BCUT2D eigenvalue weighted by atomic mass is 9.82. The predicted molar refractivity (Wildman–Crippen MR) is 115 cm³/mol. The Morgan fingerprint density at radius 2 is 1.68 bits per heavy atom. The zero-order valence-electron chi connectivity index (χ0n) is 18.1. The van der Waals surface area contributed by atoms with Crippen LogP contribution in [0.3, 0.4) is 0 Å². The van der Waals surface area contributed by atoms with Crippen molar-refractivity contribution >= 4 is 23.3 Å². The fourth-order valence-electron chi connectivity index (χ4n) is 3.51. The van der Waals surface area contributed by atoms with Crippen molar-refractivity contribution in [3.05, 3.63) is 71.0 Å². The van der Waals surface area contributed by atoms with Crippen LogP contribution in [0.1, 0.15) is 42.7 Å². The standard InChI is InChI=1S/C24H25NO6/c1-24(2,3)21(27)18-19(14-9-11-17(30-4)12-10-14)25(22(28)20(18)26)16-8-6-7-15(13-16)23(29)31-5/h6-13,19,26H,1-5H3. The number of methoxy groups -OCH3 is 2. The van der Waals surface area contributed by atoms with Gasteiger partial charge in [-0.2, -0.15) is 0 Å². The second-order valence-electron chi connectivity index (χ2n) is 8.23. The van der Waals surface area contributed by atoms with Crippen LogP contribution in [0, 0.1) is 5.41 Å². The maximum absolute atomic E-state index is 13.2. The Morgan fingerprint density at radius 1 is 1.03 bits per heavy atom. The number of nitrogens with zero attached hydrogens (tertiary/aromatic N) is 1. The summed E-state index contributed by atoms with van der Waals surface area (Å²) in [5.41, 5.74) is 0.423. The van der Waals surface area contributed by atoms with E-state index in [1.54, 1.807) is 70.3 Å². The van der Waals surface area contributed by atoms with Crippen LogP contribution in [0.2, 0.25) is 0 Å². The molecule has 0 radical (unpaired) electrons. The number of ketones is 1. The van der Waals surface area contributed by atoms with Gasteiger partial charge in [0.2, 0.25) is 0 Å². The molecule has 1 N–H and O–H groups in total. The molecule has 31 heavy (non-hydrogen) atoms. The van der Waals surface area contributed by atoms with Crippen LogP contribution < -0.4 is 9.64 Å². The first kappa shape index (κ1) is 22.1. The maximum atomic E-state index is 13.2. The minimum Gasteiger partial charge on any atom is -0.503 e. The van der Waals surface area contributed by atoms with Gasteiger partial charge in [0.15, 0.2) is 11.5 Å². The number of amides is 1. The molecule has 7 nitrogen and oxygen atoms in total.